The van der Waals surface area contributed by atoms with Crippen molar-refractivity contribution in [3.8, 4) is 5.75 Å². The number of ether oxygens (including phenoxy) is 1. The van der Waals surface area contributed by atoms with Crippen molar-refractivity contribution in [2.75, 3.05) is 7.11 Å². The average Bonchev–Trinajstić information content (AvgIpc) is 2.62. The van der Waals surface area contributed by atoms with Gasteiger partial charge in [0.25, 0.3) is 0 Å². The van der Waals surface area contributed by atoms with E-state index in [1.54, 1.807) is 18.2 Å². The molecule has 1 unspecified atom stereocenters. The Morgan fingerprint density at radius 2 is 2.04 bits per heavy atom. The number of aromatic nitrogens is 1. The van der Waals surface area contributed by atoms with Crippen LogP contribution in [0.25, 0.3) is 10.9 Å². The fourth-order valence-electron chi connectivity index (χ4n) is 3.12. The van der Waals surface area contributed by atoms with Crippen LogP contribution in [0.15, 0.2) is 47.4 Å². The molecule has 3 aromatic rings. The van der Waals surface area contributed by atoms with Crippen molar-refractivity contribution in [2.24, 2.45) is 0 Å². The van der Waals surface area contributed by atoms with Crippen molar-refractivity contribution < 1.29 is 19.7 Å². The van der Waals surface area contributed by atoms with Gasteiger partial charge in [-0.05, 0) is 30.7 Å². The summed E-state index contributed by atoms with van der Waals surface area (Å²) in [6.45, 7) is 1.50. The summed E-state index contributed by atoms with van der Waals surface area (Å²) in [5, 5.41) is 20.0. The second kappa shape index (κ2) is 7.42. The molecule has 3 rings (SSSR count). The number of pyridine rings is 1. The second-order valence-corrected chi connectivity index (χ2v) is 6.58. The van der Waals surface area contributed by atoms with Crippen LogP contribution in [-0.4, -0.2) is 27.9 Å². The molecule has 0 radical (unpaired) electrons. The third-order valence-electron chi connectivity index (χ3n) is 4.38. The van der Waals surface area contributed by atoms with Crippen LogP contribution in [0.5, 0.6) is 5.75 Å². The normalized spacial score (nSPS) is 12.1. The van der Waals surface area contributed by atoms with E-state index in [0.717, 1.165) is 17.3 Å². The summed E-state index contributed by atoms with van der Waals surface area (Å²) in [6, 6.07) is 10.6. The zero-order valence-electron chi connectivity index (χ0n) is 14.8. The number of carbonyl (C=O) groups is 1. The smallest absolute Gasteiger partial charge is 0.341 e. The van der Waals surface area contributed by atoms with Gasteiger partial charge in [0.2, 0.25) is 5.43 Å². The van der Waals surface area contributed by atoms with Crippen LogP contribution < -0.4 is 10.2 Å². The molecule has 2 aromatic carbocycles. The number of carboxylic acids is 1. The molecule has 1 atom stereocenters. The highest BCUT2D eigenvalue weighted by Crippen LogP contribution is 2.30. The maximum Gasteiger partial charge on any atom is 0.341 e. The zero-order valence-corrected chi connectivity index (χ0v) is 15.5. The monoisotopic (exact) mass is 387 g/mol. The number of aliphatic hydroxyl groups is 1. The van der Waals surface area contributed by atoms with E-state index in [1.807, 2.05) is 18.2 Å². The summed E-state index contributed by atoms with van der Waals surface area (Å²) in [6.07, 6.45) is 0.632. The molecule has 6 nitrogen and oxygen atoms in total. The van der Waals surface area contributed by atoms with E-state index in [4.69, 9.17) is 16.3 Å². The van der Waals surface area contributed by atoms with Crippen LogP contribution in [0.1, 0.15) is 34.6 Å². The molecule has 2 N–H and O–H groups in total. The molecule has 0 bridgehead atoms. The van der Waals surface area contributed by atoms with E-state index >= 15 is 0 Å². The number of aromatic carboxylic acids is 1. The topological polar surface area (TPSA) is 88.8 Å². The highest BCUT2D eigenvalue weighted by Gasteiger charge is 2.17. The Morgan fingerprint density at radius 1 is 1.30 bits per heavy atom. The van der Waals surface area contributed by atoms with E-state index in [0.29, 0.717) is 22.7 Å². The lowest BCUT2D eigenvalue weighted by atomic mass is 10.0. The first-order valence-electron chi connectivity index (χ1n) is 8.24. The summed E-state index contributed by atoms with van der Waals surface area (Å²) < 4.78 is 6.72. The van der Waals surface area contributed by atoms with Crippen LogP contribution in [0.2, 0.25) is 5.02 Å². The molecule has 1 aromatic heterocycles. The van der Waals surface area contributed by atoms with Gasteiger partial charge < -0.3 is 19.5 Å². The van der Waals surface area contributed by atoms with Gasteiger partial charge in [0.15, 0.2) is 0 Å². The Bertz CT molecular complexity index is 1090. The number of benzene rings is 2. The van der Waals surface area contributed by atoms with Crippen molar-refractivity contribution in [3.63, 3.8) is 0 Å². The molecular formula is C20H18ClNO5. The first-order valence-corrected chi connectivity index (χ1v) is 8.61. The van der Waals surface area contributed by atoms with Crippen molar-refractivity contribution >= 4 is 28.5 Å². The molecule has 1 heterocycles. The predicted octanol–water partition coefficient (Wildman–Crippen LogP) is 3.46. The van der Waals surface area contributed by atoms with Gasteiger partial charge in [-0.15, -0.1) is 0 Å². The molecule has 0 amide bonds. The Kier molecular flexibility index (Phi) is 5.21. The number of halogens is 1. The molecule has 27 heavy (non-hydrogen) atoms. The van der Waals surface area contributed by atoms with Crippen LogP contribution in [0.4, 0.5) is 0 Å². The molecule has 0 aliphatic heterocycles. The van der Waals surface area contributed by atoms with Crippen LogP contribution in [-0.2, 0) is 6.42 Å². The van der Waals surface area contributed by atoms with Gasteiger partial charge in [-0.2, -0.15) is 0 Å². The van der Waals surface area contributed by atoms with Gasteiger partial charge in [0.1, 0.15) is 17.5 Å². The Labute approximate surface area is 160 Å². The predicted molar refractivity (Wildman–Crippen MR) is 103 cm³/mol. The van der Waals surface area contributed by atoms with Gasteiger partial charge in [-0.1, -0.05) is 29.8 Å². The fourth-order valence-corrected chi connectivity index (χ4v) is 3.39. The Balaban J connectivity index is 2.18. The Morgan fingerprint density at radius 3 is 2.67 bits per heavy atom. The number of hydrogen-bond donors (Lipinski definition) is 2. The largest absolute Gasteiger partial charge is 0.495 e. The molecule has 7 heteroatoms. The van der Waals surface area contributed by atoms with E-state index in [-0.39, 0.29) is 10.9 Å². The van der Waals surface area contributed by atoms with Gasteiger partial charge in [0.05, 0.1) is 17.6 Å². The number of nitrogens with zero attached hydrogens (tertiary/aromatic N) is 1. The lowest BCUT2D eigenvalue weighted by Crippen LogP contribution is -2.20. The standard InChI is InChI=1S/C20H18ClNO5/c1-11(23)22-10-15(20(25)26)18(24)14-9-12(6-7-17(14)22)8-13-4-3-5-16(21)19(13)27-2/h3-7,9-11,23H,8H2,1-2H3,(H,25,26). The number of methoxy groups -OCH3 is 1. The van der Waals surface area contributed by atoms with Crippen LogP contribution in [0.3, 0.4) is 0 Å². The maximum absolute atomic E-state index is 12.6. The van der Waals surface area contributed by atoms with Gasteiger partial charge in [-0.3, -0.25) is 4.79 Å². The quantitative estimate of drug-likeness (QED) is 0.699. The molecule has 0 saturated heterocycles. The molecule has 140 valence electrons. The van der Waals surface area contributed by atoms with Crippen molar-refractivity contribution in [1.29, 1.82) is 0 Å². The number of fused-ring (bicyclic) bond motifs is 1. The first kappa shape index (κ1) is 18.9. The molecule has 0 aliphatic carbocycles. The third kappa shape index (κ3) is 3.54. The SMILES string of the molecule is COc1c(Cl)cccc1Cc1ccc2c(c1)c(=O)c(C(=O)O)cn2C(C)O. The minimum absolute atomic E-state index is 0.231. The minimum atomic E-state index is -1.33. The summed E-state index contributed by atoms with van der Waals surface area (Å²) in [5.41, 5.74) is 1.12. The lowest BCUT2D eigenvalue weighted by Gasteiger charge is -2.16. The third-order valence-corrected chi connectivity index (χ3v) is 4.67. The molecule has 0 aliphatic rings. The van der Waals surface area contributed by atoms with Gasteiger partial charge >= 0.3 is 5.97 Å². The second-order valence-electron chi connectivity index (χ2n) is 6.18. The molecular weight excluding hydrogens is 370 g/mol. The minimum Gasteiger partial charge on any atom is -0.495 e. The molecule has 0 spiro atoms. The summed E-state index contributed by atoms with van der Waals surface area (Å²) in [4.78, 5) is 24.0. The number of hydrogen-bond acceptors (Lipinski definition) is 4. The fraction of sp³-hybridized carbons (Fsp3) is 0.200. The zero-order chi connectivity index (χ0) is 19.7. The summed E-state index contributed by atoms with van der Waals surface area (Å²) >= 11 is 6.16. The number of aliphatic hydroxyl groups excluding tert-OH is 1. The number of carboxylic acid groups (broad SMARTS) is 1. The first-order chi connectivity index (χ1) is 12.8. The van der Waals surface area contributed by atoms with E-state index < -0.39 is 17.6 Å². The maximum atomic E-state index is 12.6. The summed E-state index contributed by atoms with van der Waals surface area (Å²) in [5.74, 6) is -0.779. The number of para-hydroxylation sites is 1. The summed E-state index contributed by atoms with van der Waals surface area (Å²) in [7, 11) is 1.53. The molecule has 0 saturated carbocycles. The highest BCUT2D eigenvalue weighted by atomic mass is 35.5. The van der Waals surface area contributed by atoms with E-state index in [9.17, 15) is 19.8 Å². The van der Waals surface area contributed by atoms with Crippen molar-refractivity contribution in [1.82, 2.24) is 4.57 Å². The Hall–Kier alpha value is -2.83. The van der Waals surface area contributed by atoms with Gasteiger partial charge in [-0.25, -0.2) is 4.79 Å². The highest BCUT2D eigenvalue weighted by molar-refractivity contribution is 6.32. The molecule has 0 fully saturated rings. The van der Waals surface area contributed by atoms with Crippen LogP contribution in [0, 0.1) is 0 Å². The van der Waals surface area contributed by atoms with Crippen LogP contribution >= 0.6 is 11.6 Å². The van der Waals surface area contributed by atoms with Crippen molar-refractivity contribution in [3.05, 3.63) is 74.5 Å². The van der Waals surface area contributed by atoms with Gasteiger partial charge in [0, 0.05) is 23.6 Å². The average molecular weight is 388 g/mol. The van der Waals surface area contributed by atoms with Crippen molar-refractivity contribution in [2.45, 2.75) is 19.6 Å². The van der Waals surface area contributed by atoms with E-state index in [1.165, 1.54) is 18.6 Å². The lowest BCUT2D eigenvalue weighted by molar-refractivity contribution is 0.0693. The van der Waals surface area contributed by atoms with E-state index in [2.05, 4.69) is 0 Å². The number of rotatable bonds is 5.